The maximum Gasteiger partial charge on any atom is 0.0923 e. The molecule has 0 radical (unpaired) electrons. The van der Waals surface area contributed by atoms with Crippen molar-refractivity contribution in [2.45, 2.75) is 0 Å². The van der Waals surface area contributed by atoms with Gasteiger partial charge in [0.25, 0.3) is 0 Å². The molecule has 0 aliphatic rings. The molecule has 0 bridgehead atoms. The van der Waals surface area contributed by atoms with E-state index < -0.39 is 0 Å². The van der Waals surface area contributed by atoms with E-state index in [2.05, 4.69) is 5.10 Å². The fourth-order valence-electron chi connectivity index (χ4n) is 1.27. The van der Waals surface area contributed by atoms with E-state index in [1.165, 1.54) is 0 Å². The van der Waals surface area contributed by atoms with Gasteiger partial charge in [0.15, 0.2) is 0 Å². The van der Waals surface area contributed by atoms with Crippen LogP contribution in [0.4, 0.5) is 5.69 Å². The molecule has 12 heavy (non-hydrogen) atoms. The Kier molecular flexibility index (Phi) is 1.48. The summed E-state index contributed by atoms with van der Waals surface area (Å²) < 4.78 is 1.72. The van der Waals surface area contributed by atoms with Crippen molar-refractivity contribution < 1.29 is 0 Å². The molecule has 4 heteroatoms. The van der Waals surface area contributed by atoms with Gasteiger partial charge in [-0.25, -0.2) is 0 Å². The molecule has 0 aliphatic carbocycles. The molecule has 0 spiro atoms. The lowest BCUT2D eigenvalue weighted by Gasteiger charge is -2.00. The van der Waals surface area contributed by atoms with Crippen LogP contribution in [0.15, 0.2) is 18.3 Å². The van der Waals surface area contributed by atoms with Crippen molar-refractivity contribution in [3.05, 3.63) is 23.4 Å². The SMILES string of the molecule is Cn1ncc2ccc(Cl)c(N)c21. The maximum atomic E-state index is 5.85. The highest BCUT2D eigenvalue weighted by atomic mass is 35.5. The lowest BCUT2D eigenvalue weighted by atomic mass is 10.2. The Morgan fingerprint density at radius 2 is 2.25 bits per heavy atom. The van der Waals surface area contributed by atoms with Crippen LogP contribution in [0.1, 0.15) is 0 Å². The molecule has 0 saturated carbocycles. The molecule has 1 aromatic carbocycles. The molecular weight excluding hydrogens is 174 g/mol. The topological polar surface area (TPSA) is 43.8 Å². The number of aryl methyl sites for hydroxylation is 1. The fourth-order valence-corrected chi connectivity index (χ4v) is 1.42. The predicted octanol–water partition coefficient (Wildman–Crippen LogP) is 1.81. The summed E-state index contributed by atoms with van der Waals surface area (Å²) in [6.45, 7) is 0. The standard InChI is InChI=1S/C8H8ClN3/c1-12-8-5(4-11-12)2-3-6(9)7(8)10/h2-4H,10H2,1H3. The Hall–Kier alpha value is -1.22. The summed E-state index contributed by atoms with van der Waals surface area (Å²) >= 11 is 5.85. The third-order valence-corrected chi connectivity index (χ3v) is 2.22. The van der Waals surface area contributed by atoms with Crippen molar-refractivity contribution in [1.29, 1.82) is 0 Å². The molecule has 62 valence electrons. The second-order valence-corrected chi connectivity index (χ2v) is 3.07. The van der Waals surface area contributed by atoms with Crippen molar-refractivity contribution in [2.75, 3.05) is 5.73 Å². The molecule has 3 nitrogen and oxygen atoms in total. The Balaban J connectivity index is 2.96. The van der Waals surface area contributed by atoms with Crippen LogP contribution in [0.25, 0.3) is 10.9 Å². The Morgan fingerprint density at radius 1 is 1.50 bits per heavy atom. The number of aromatic nitrogens is 2. The van der Waals surface area contributed by atoms with Crippen LogP contribution in [-0.4, -0.2) is 9.78 Å². The van der Waals surface area contributed by atoms with Crippen LogP contribution in [0.5, 0.6) is 0 Å². The number of nitrogens with zero attached hydrogens (tertiary/aromatic N) is 2. The molecule has 2 aromatic rings. The zero-order chi connectivity index (χ0) is 8.72. The Bertz CT molecular complexity index is 433. The monoisotopic (exact) mass is 181 g/mol. The predicted molar refractivity (Wildman–Crippen MR) is 50.1 cm³/mol. The summed E-state index contributed by atoms with van der Waals surface area (Å²) in [6.07, 6.45) is 1.77. The van der Waals surface area contributed by atoms with Crippen LogP contribution in [-0.2, 0) is 7.05 Å². The summed E-state index contributed by atoms with van der Waals surface area (Å²) in [4.78, 5) is 0. The van der Waals surface area contributed by atoms with Gasteiger partial charge in [-0.05, 0) is 12.1 Å². The van der Waals surface area contributed by atoms with E-state index in [-0.39, 0.29) is 0 Å². The minimum Gasteiger partial charge on any atom is -0.396 e. The van der Waals surface area contributed by atoms with Crippen LogP contribution < -0.4 is 5.73 Å². The van der Waals surface area contributed by atoms with Crippen molar-refractivity contribution >= 4 is 28.2 Å². The number of rotatable bonds is 0. The number of anilines is 1. The average Bonchev–Trinajstić information content (AvgIpc) is 2.41. The Labute approximate surface area is 74.7 Å². The average molecular weight is 182 g/mol. The second kappa shape index (κ2) is 2.38. The molecule has 0 atom stereocenters. The van der Waals surface area contributed by atoms with Gasteiger partial charge in [0.2, 0.25) is 0 Å². The first-order valence-electron chi connectivity index (χ1n) is 3.56. The van der Waals surface area contributed by atoms with Gasteiger partial charge in [-0.15, -0.1) is 0 Å². The van der Waals surface area contributed by atoms with Crippen molar-refractivity contribution in [2.24, 2.45) is 7.05 Å². The zero-order valence-corrected chi connectivity index (χ0v) is 7.34. The first kappa shape index (κ1) is 7.43. The van der Waals surface area contributed by atoms with Gasteiger partial charge >= 0.3 is 0 Å². The smallest absolute Gasteiger partial charge is 0.0923 e. The number of fused-ring (bicyclic) bond motifs is 1. The summed E-state index contributed by atoms with van der Waals surface area (Å²) in [5, 5.41) is 5.66. The number of hydrogen-bond acceptors (Lipinski definition) is 2. The van der Waals surface area contributed by atoms with Crippen molar-refractivity contribution in [1.82, 2.24) is 9.78 Å². The van der Waals surface area contributed by atoms with Gasteiger partial charge in [0, 0.05) is 12.4 Å². The first-order valence-corrected chi connectivity index (χ1v) is 3.93. The first-order chi connectivity index (χ1) is 5.70. The Morgan fingerprint density at radius 3 is 3.00 bits per heavy atom. The van der Waals surface area contributed by atoms with Gasteiger partial charge in [-0.3, -0.25) is 4.68 Å². The van der Waals surface area contributed by atoms with Gasteiger partial charge in [0.1, 0.15) is 0 Å². The quantitative estimate of drug-likeness (QED) is 0.630. The van der Waals surface area contributed by atoms with Crippen molar-refractivity contribution in [3.8, 4) is 0 Å². The van der Waals surface area contributed by atoms with Gasteiger partial charge in [-0.2, -0.15) is 5.10 Å². The lowest BCUT2D eigenvalue weighted by Crippen LogP contribution is -1.94. The molecule has 0 unspecified atom stereocenters. The molecule has 1 aromatic heterocycles. The maximum absolute atomic E-state index is 5.85. The molecule has 0 fully saturated rings. The summed E-state index contributed by atoms with van der Waals surface area (Å²) in [6, 6.07) is 3.68. The normalized spacial score (nSPS) is 10.8. The summed E-state index contributed by atoms with van der Waals surface area (Å²) in [7, 11) is 1.84. The number of nitrogen functional groups attached to an aromatic ring is 1. The number of hydrogen-bond donors (Lipinski definition) is 1. The number of nitrogens with two attached hydrogens (primary N) is 1. The molecule has 1 heterocycles. The highest BCUT2D eigenvalue weighted by molar-refractivity contribution is 6.34. The van der Waals surface area contributed by atoms with E-state index in [1.54, 1.807) is 16.9 Å². The van der Waals surface area contributed by atoms with Crippen LogP contribution in [0.2, 0.25) is 5.02 Å². The lowest BCUT2D eigenvalue weighted by molar-refractivity contribution is 0.798. The third kappa shape index (κ3) is 0.865. The van der Waals surface area contributed by atoms with Crippen LogP contribution >= 0.6 is 11.6 Å². The molecule has 2 N–H and O–H groups in total. The fraction of sp³-hybridized carbons (Fsp3) is 0.125. The third-order valence-electron chi connectivity index (χ3n) is 1.89. The van der Waals surface area contributed by atoms with Crippen LogP contribution in [0.3, 0.4) is 0 Å². The summed E-state index contributed by atoms with van der Waals surface area (Å²) in [5.41, 5.74) is 7.25. The molecular formula is C8H8ClN3. The van der Waals surface area contributed by atoms with Gasteiger partial charge < -0.3 is 5.73 Å². The van der Waals surface area contributed by atoms with E-state index in [1.807, 2.05) is 13.1 Å². The minimum atomic E-state index is 0.575. The minimum absolute atomic E-state index is 0.575. The van der Waals surface area contributed by atoms with Gasteiger partial charge in [-0.1, -0.05) is 11.6 Å². The van der Waals surface area contributed by atoms with Gasteiger partial charge in [0.05, 0.1) is 22.4 Å². The van der Waals surface area contributed by atoms with E-state index in [0.717, 1.165) is 10.9 Å². The molecule has 0 saturated heterocycles. The zero-order valence-electron chi connectivity index (χ0n) is 6.58. The number of benzene rings is 1. The molecule has 0 amide bonds. The van der Waals surface area contributed by atoms with E-state index in [0.29, 0.717) is 10.7 Å². The highest BCUT2D eigenvalue weighted by Crippen LogP contribution is 2.27. The summed E-state index contributed by atoms with van der Waals surface area (Å²) in [5.74, 6) is 0. The van der Waals surface area contributed by atoms with Crippen LogP contribution in [0, 0.1) is 0 Å². The van der Waals surface area contributed by atoms with E-state index in [4.69, 9.17) is 17.3 Å². The second-order valence-electron chi connectivity index (χ2n) is 2.67. The van der Waals surface area contributed by atoms with Crippen molar-refractivity contribution in [3.63, 3.8) is 0 Å². The number of halogens is 1. The van der Waals surface area contributed by atoms with E-state index in [9.17, 15) is 0 Å². The molecule has 0 aliphatic heterocycles. The molecule has 2 rings (SSSR count). The van der Waals surface area contributed by atoms with E-state index >= 15 is 0 Å². The highest BCUT2D eigenvalue weighted by Gasteiger charge is 2.05. The largest absolute Gasteiger partial charge is 0.396 e.